The summed E-state index contributed by atoms with van der Waals surface area (Å²) in [6.45, 7) is 0. The molecule has 0 unspecified atom stereocenters. The highest BCUT2D eigenvalue weighted by Crippen LogP contribution is 2.21. The van der Waals surface area contributed by atoms with Crippen molar-refractivity contribution in [2.75, 3.05) is 12.4 Å². The molecule has 7 heteroatoms. The second kappa shape index (κ2) is 5.32. The van der Waals surface area contributed by atoms with E-state index in [4.69, 9.17) is 17.3 Å². The molecule has 86 valence electrons. The highest BCUT2D eigenvalue weighted by molar-refractivity contribution is 6.33. The van der Waals surface area contributed by atoms with Crippen molar-refractivity contribution in [3.63, 3.8) is 0 Å². The maximum Gasteiger partial charge on any atom is 0.326 e. The van der Waals surface area contributed by atoms with E-state index < -0.39 is 11.8 Å². The van der Waals surface area contributed by atoms with Gasteiger partial charge in [-0.05, 0) is 18.2 Å². The van der Waals surface area contributed by atoms with Gasteiger partial charge in [-0.25, -0.2) is 9.18 Å². The lowest BCUT2D eigenvalue weighted by Crippen LogP contribution is -2.39. The van der Waals surface area contributed by atoms with Crippen LogP contribution in [0.1, 0.15) is 0 Å². The molecule has 0 spiro atoms. The minimum absolute atomic E-state index is 0.0317. The fourth-order valence-corrected chi connectivity index (χ4v) is 1.13. The van der Waals surface area contributed by atoms with Crippen LogP contribution >= 0.6 is 11.6 Å². The molecule has 0 heterocycles. The van der Waals surface area contributed by atoms with Crippen LogP contribution in [0, 0.1) is 5.82 Å². The van der Waals surface area contributed by atoms with Gasteiger partial charge in [-0.2, -0.15) is 0 Å². The molecule has 0 radical (unpaired) electrons. The lowest BCUT2D eigenvalue weighted by Gasteiger charge is -2.07. The Kier molecular flexibility index (Phi) is 4.07. The van der Waals surface area contributed by atoms with Gasteiger partial charge in [0.1, 0.15) is 5.82 Å². The summed E-state index contributed by atoms with van der Waals surface area (Å²) in [5.74, 6) is -0.513. The monoisotopic (exact) mass is 244 g/mol. The van der Waals surface area contributed by atoms with Crippen molar-refractivity contribution in [2.45, 2.75) is 0 Å². The predicted molar refractivity (Wildman–Crippen MR) is 61.1 cm³/mol. The Balaban J connectivity index is 2.70. The summed E-state index contributed by atoms with van der Waals surface area (Å²) < 4.78 is 12.7. The molecular weight excluding hydrogens is 235 g/mol. The van der Waals surface area contributed by atoms with Gasteiger partial charge in [-0.3, -0.25) is 10.3 Å². The standard InChI is InChI=1S/C9H10ClFN4O/c1-13-8(12)15-9(16)14-7-3-2-5(11)4-6(7)10/h2-4H,1H3,(H4,12,13,14,15,16). The Morgan fingerprint density at radius 1 is 1.56 bits per heavy atom. The molecular formula is C9H10ClFN4O. The molecule has 0 bridgehead atoms. The number of hydrogen-bond donors (Lipinski definition) is 3. The van der Waals surface area contributed by atoms with E-state index in [2.05, 4.69) is 15.6 Å². The summed E-state index contributed by atoms with van der Waals surface area (Å²) >= 11 is 5.70. The third-order valence-electron chi connectivity index (χ3n) is 1.66. The maximum absolute atomic E-state index is 12.7. The van der Waals surface area contributed by atoms with Crippen molar-refractivity contribution in [1.82, 2.24) is 5.32 Å². The first-order valence-corrected chi connectivity index (χ1v) is 4.66. The molecule has 1 rings (SSSR count). The van der Waals surface area contributed by atoms with Crippen LogP contribution in [0.2, 0.25) is 5.02 Å². The minimum Gasteiger partial charge on any atom is -0.370 e. The van der Waals surface area contributed by atoms with Crippen LogP contribution in [-0.2, 0) is 0 Å². The van der Waals surface area contributed by atoms with E-state index in [0.717, 1.165) is 6.07 Å². The van der Waals surface area contributed by atoms with E-state index in [-0.39, 0.29) is 16.7 Å². The molecule has 0 saturated carbocycles. The quantitative estimate of drug-likeness (QED) is 0.518. The second-order valence-electron chi connectivity index (χ2n) is 2.81. The number of halogens is 2. The van der Waals surface area contributed by atoms with Crippen LogP contribution in [0.3, 0.4) is 0 Å². The number of carbonyl (C=O) groups is 1. The van der Waals surface area contributed by atoms with Gasteiger partial charge in [0.15, 0.2) is 5.96 Å². The number of nitrogens with one attached hydrogen (secondary N) is 2. The Morgan fingerprint density at radius 3 is 2.81 bits per heavy atom. The van der Waals surface area contributed by atoms with Gasteiger partial charge < -0.3 is 11.1 Å². The molecule has 0 aliphatic carbocycles. The van der Waals surface area contributed by atoms with Crippen molar-refractivity contribution in [2.24, 2.45) is 10.7 Å². The first kappa shape index (κ1) is 12.3. The summed E-state index contributed by atoms with van der Waals surface area (Å²) in [5, 5.41) is 4.74. The molecule has 0 aromatic heterocycles. The van der Waals surface area contributed by atoms with Gasteiger partial charge in [-0.1, -0.05) is 11.6 Å². The van der Waals surface area contributed by atoms with E-state index >= 15 is 0 Å². The summed E-state index contributed by atoms with van der Waals surface area (Å²) in [5.41, 5.74) is 5.56. The number of hydrogen-bond acceptors (Lipinski definition) is 2. The second-order valence-corrected chi connectivity index (χ2v) is 3.22. The summed E-state index contributed by atoms with van der Waals surface area (Å²) in [6.07, 6.45) is 0. The molecule has 0 atom stereocenters. The number of nitrogens with two attached hydrogens (primary N) is 1. The van der Waals surface area contributed by atoms with E-state index in [1.165, 1.54) is 19.2 Å². The molecule has 2 amide bonds. The molecule has 4 N–H and O–H groups in total. The molecule has 0 aliphatic heterocycles. The summed E-state index contributed by atoms with van der Waals surface area (Å²) in [7, 11) is 1.43. The topological polar surface area (TPSA) is 79.5 Å². The van der Waals surface area contributed by atoms with Gasteiger partial charge in [0.2, 0.25) is 0 Å². The van der Waals surface area contributed by atoms with E-state index in [9.17, 15) is 9.18 Å². The largest absolute Gasteiger partial charge is 0.370 e. The minimum atomic E-state index is -0.600. The Labute approximate surface area is 96.5 Å². The molecule has 16 heavy (non-hydrogen) atoms. The van der Waals surface area contributed by atoms with Gasteiger partial charge in [-0.15, -0.1) is 0 Å². The highest BCUT2D eigenvalue weighted by Gasteiger charge is 2.06. The van der Waals surface area contributed by atoms with Gasteiger partial charge in [0.05, 0.1) is 10.7 Å². The number of nitrogens with zero attached hydrogens (tertiary/aromatic N) is 1. The predicted octanol–water partition coefficient (Wildman–Crippen LogP) is 1.55. The SMILES string of the molecule is CN=C(N)NC(=O)Nc1ccc(F)cc1Cl. The normalized spacial score (nSPS) is 11.1. The molecule has 0 fully saturated rings. The van der Waals surface area contributed by atoms with Crippen molar-refractivity contribution in [1.29, 1.82) is 0 Å². The molecule has 5 nitrogen and oxygen atoms in total. The van der Waals surface area contributed by atoms with Gasteiger partial charge in [0, 0.05) is 7.05 Å². The Bertz CT molecular complexity index is 436. The van der Waals surface area contributed by atoms with Gasteiger partial charge >= 0.3 is 6.03 Å². The van der Waals surface area contributed by atoms with Crippen molar-refractivity contribution >= 4 is 29.3 Å². The number of urea groups is 1. The number of amides is 2. The van der Waals surface area contributed by atoms with E-state index in [0.29, 0.717) is 0 Å². The highest BCUT2D eigenvalue weighted by atomic mass is 35.5. The van der Waals surface area contributed by atoms with Gasteiger partial charge in [0.25, 0.3) is 0 Å². The number of rotatable bonds is 1. The third kappa shape index (κ3) is 3.39. The van der Waals surface area contributed by atoms with Crippen LogP contribution in [0.4, 0.5) is 14.9 Å². The van der Waals surface area contributed by atoms with Crippen LogP contribution in [0.25, 0.3) is 0 Å². The Morgan fingerprint density at radius 2 is 2.25 bits per heavy atom. The zero-order valence-corrected chi connectivity index (χ0v) is 9.18. The van der Waals surface area contributed by atoms with E-state index in [1.54, 1.807) is 0 Å². The van der Waals surface area contributed by atoms with E-state index in [1.807, 2.05) is 0 Å². The van der Waals surface area contributed by atoms with Crippen molar-refractivity contribution in [3.05, 3.63) is 29.0 Å². The van der Waals surface area contributed by atoms with Crippen molar-refractivity contribution in [3.8, 4) is 0 Å². The lowest BCUT2D eigenvalue weighted by molar-refractivity contribution is 0.256. The molecule has 0 aliphatic rings. The molecule has 0 saturated heterocycles. The third-order valence-corrected chi connectivity index (χ3v) is 1.97. The molecule has 1 aromatic rings. The fraction of sp³-hybridized carbons (Fsp3) is 0.111. The number of anilines is 1. The fourth-order valence-electron chi connectivity index (χ4n) is 0.917. The van der Waals surface area contributed by atoms with Crippen LogP contribution < -0.4 is 16.4 Å². The van der Waals surface area contributed by atoms with Crippen molar-refractivity contribution < 1.29 is 9.18 Å². The van der Waals surface area contributed by atoms with Crippen LogP contribution in [0.5, 0.6) is 0 Å². The summed E-state index contributed by atoms with van der Waals surface area (Å²) in [6, 6.07) is 3.01. The number of carbonyl (C=O) groups excluding carboxylic acids is 1. The van der Waals surface area contributed by atoms with Crippen LogP contribution in [-0.4, -0.2) is 19.0 Å². The summed E-state index contributed by atoms with van der Waals surface area (Å²) in [4.78, 5) is 14.8. The zero-order valence-electron chi connectivity index (χ0n) is 8.42. The average molecular weight is 245 g/mol. The molecule has 1 aromatic carbocycles. The zero-order chi connectivity index (χ0) is 12.1. The Hall–Kier alpha value is -1.82. The smallest absolute Gasteiger partial charge is 0.326 e. The number of aliphatic imine (C=N–C) groups is 1. The number of benzene rings is 1. The average Bonchev–Trinajstić information content (AvgIpc) is 2.22. The number of guanidine groups is 1. The lowest BCUT2D eigenvalue weighted by atomic mass is 10.3. The first-order chi connectivity index (χ1) is 7.52. The first-order valence-electron chi connectivity index (χ1n) is 4.28. The van der Waals surface area contributed by atoms with Crippen LogP contribution in [0.15, 0.2) is 23.2 Å². The maximum atomic E-state index is 12.7.